The third-order valence-corrected chi connectivity index (χ3v) is 11.8. The van der Waals surface area contributed by atoms with Gasteiger partial charge in [0.05, 0.1) is 0 Å². The molecule has 73 heavy (non-hydrogen) atoms. The van der Waals surface area contributed by atoms with Gasteiger partial charge >= 0.3 is 17.9 Å². The molecule has 0 amide bonds. The van der Waals surface area contributed by atoms with Crippen molar-refractivity contribution >= 4 is 17.9 Å². The van der Waals surface area contributed by atoms with E-state index in [9.17, 15) is 14.4 Å². The van der Waals surface area contributed by atoms with Crippen molar-refractivity contribution in [3.63, 3.8) is 0 Å². The minimum absolute atomic E-state index is 0.126. The summed E-state index contributed by atoms with van der Waals surface area (Å²) < 4.78 is 16.8. The number of carbonyl (C=O) groups excluding carboxylic acids is 3. The van der Waals surface area contributed by atoms with Gasteiger partial charge in [-0.15, -0.1) is 0 Å². The second-order valence-corrected chi connectivity index (χ2v) is 18.8. The number of rotatable bonds is 51. The molecule has 0 radical (unpaired) electrons. The Morgan fingerprint density at radius 3 is 0.945 bits per heavy atom. The summed E-state index contributed by atoms with van der Waals surface area (Å²) in [6, 6.07) is 0. The van der Waals surface area contributed by atoms with Gasteiger partial charge in [-0.3, -0.25) is 14.4 Å². The lowest BCUT2D eigenvalue weighted by Gasteiger charge is -2.18. The first-order valence-electron chi connectivity index (χ1n) is 29.3. The van der Waals surface area contributed by atoms with Crippen LogP contribution in [0.2, 0.25) is 0 Å². The average Bonchev–Trinajstić information content (AvgIpc) is 3.39. The lowest BCUT2D eigenvalue weighted by Crippen LogP contribution is -2.30. The Hall–Kier alpha value is -4.71. The maximum atomic E-state index is 12.9. The fourth-order valence-electron chi connectivity index (χ4n) is 7.49. The summed E-state index contributed by atoms with van der Waals surface area (Å²) in [6.07, 6.45) is 85.6. The van der Waals surface area contributed by atoms with Crippen LogP contribution < -0.4 is 0 Å². The number of unbranched alkanes of at least 4 members (excludes halogenated alkanes) is 16. The molecule has 0 aromatic rings. The van der Waals surface area contributed by atoms with Gasteiger partial charge in [0.15, 0.2) is 6.10 Å². The predicted octanol–water partition coefficient (Wildman–Crippen LogP) is 20.0. The highest BCUT2D eigenvalue weighted by Gasteiger charge is 2.19. The minimum Gasteiger partial charge on any atom is -0.462 e. The van der Waals surface area contributed by atoms with Crippen molar-refractivity contribution in [3.05, 3.63) is 146 Å². The molecular weight excluding hydrogens is 901 g/mol. The van der Waals surface area contributed by atoms with Gasteiger partial charge in [-0.2, -0.15) is 0 Å². The van der Waals surface area contributed by atoms with Crippen LogP contribution in [0.4, 0.5) is 0 Å². The molecule has 0 N–H and O–H groups in total. The molecular formula is C67H106O6. The number of allylic oxidation sites excluding steroid dienone is 24. The lowest BCUT2D eigenvalue weighted by molar-refractivity contribution is -0.166. The Balaban J connectivity index is 4.59. The Bertz CT molecular complexity index is 1630. The Kier molecular flexibility index (Phi) is 56.0. The second kappa shape index (κ2) is 59.8. The van der Waals surface area contributed by atoms with E-state index in [0.717, 1.165) is 116 Å². The first kappa shape index (κ1) is 68.3. The standard InChI is InChI=1S/C67H106O6/c1-4-7-10-13-16-19-22-25-28-31-33-36-38-41-44-47-50-53-56-59-65(68)71-62-64(73-67(70)61-58-55-52-49-46-43-40-35-30-27-24-21-18-15-12-9-6-3)63-72-66(69)60-57-54-51-48-45-42-39-37-34-32-29-26-23-20-17-14-11-8-5-2/h7-8,10-11,16-17,19-20,25-30,33-34,36-37,41-42,44-45,50,53,64H,4-6,9,12-15,18,21-24,31-32,35,38-40,43,46-49,51-52,54-63H2,1-3H3/b10-7-,11-8-,19-16-,20-17-,28-25-,29-26-,30-27-,36-33-,37-34-,44-41-,45-42-,53-50-/t64-/m1/s1. The van der Waals surface area contributed by atoms with Crippen molar-refractivity contribution < 1.29 is 28.6 Å². The van der Waals surface area contributed by atoms with Gasteiger partial charge in [-0.25, -0.2) is 0 Å². The zero-order valence-corrected chi connectivity index (χ0v) is 46.8. The average molecular weight is 1010 g/mol. The molecule has 6 nitrogen and oxygen atoms in total. The quantitative estimate of drug-likeness (QED) is 0.0261. The summed E-state index contributed by atoms with van der Waals surface area (Å²) >= 11 is 0. The van der Waals surface area contributed by atoms with Gasteiger partial charge in [-0.05, 0) is 128 Å². The van der Waals surface area contributed by atoms with Gasteiger partial charge in [0.25, 0.3) is 0 Å². The highest BCUT2D eigenvalue weighted by Crippen LogP contribution is 2.13. The van der Waals surface area contributed by atoms with Crippen molar-refractivity contribution in [3.8, 4) is 0 Å². The number of hydrogen-bond acceptors (Lipinski definition) is 6. The molecule has 0 aromatic carbocycles. The molecule has 0 fully saturated rings. The third-order valence-electron chi connectivity index (χ3n) is 11.8. The summed E-state index contributed by atoms with van der Waals surface area (Å²) in [5, 5.41) is 0. The van der Waals surface area contributed by atoms with E-state index in [-0.39, 0.29) is 37.5 Å². The normalized spacial score (nSPS) is 13.2. The number of esters is 3. The highest BCUT2D eigenvalue weighted by molar-refractivity contribution is 5.71. The monoisotopic (exact) mass is 1010 g/mol. The van der Waals surface area contributed by atoms with E-state index in [4.69, 9.17) is 14.2 Å². The van der Waals surface area contributed by atoms with Crippen LogP contribution in [0, 0.1) is 0 Å². The molecule has 0 heterocycles. The second-order valence-electron chi connectivity index (χ2n) is 18.8. The molecule has 0 aromatic heterocycles. The summed E-state index contributed by atoms with van der Waals surface area (Å²) in [6.45, 7) is 6.30. The van der Waals surface area contributed by atoms with Gasteiger partial charge in [0.1, 0.15) is 13.2 Å². The summed E-state index contributed by atoms with van der Waals surface area (Å²) in [5.41, 5.74) is 0. The molecule has 6 heteroatoms. The van der Waals surface area contributed by atoms with Crippen molar-refractivity contribution in [2.75, 3.05) is 13.2 Å². The third kappa shape index (κ3) is 58.1. The Morgan fingerprint density at radius 2 is 0.562 bits per heavy atom. The summed E-state index contributed by atoms with van der Waals surface area (Å²) in [7, 11) is 0. The van der Waals surface area contributed by atoms with Crippen molar-refractivity contribution in [2.45, 2.75) is 245 Å². The molecule has 0 aliphatic carbocycles. The largest absolute Gasteiger partial charge is 0.462 e. The minimum atomic E-state index is -0.832. The molecule has 0 bridgehead atoms. The van der Waals surface area contributed by atoms with Crippen LogP contribution >= 0.6 is 0 Å². The number of ether oxygens (including phenoxy) is 3. The van der Waals surface area contributed by atoms with E-state index in [1.54, 1.807) is 0 Å². The van der Waals surface area contributed by atoms with E-state index in [1.165, 1.54) is 77.0 Å². The van der Waals surface area contributed by atoms with E-state index in [0.29, 0.717) is 19.3 Å². The Labute approximate surface area is 448 Å². The maximum Gasteiger partial charge on any atom is 0.306 e. The molecule has 1 atom stereocenters. The lowest BCUT2D eigenvalue weighted by atomic mass is 10.1. The van der Waals surface area contributed by atoms with Crippen molar-refractivity contribution in [1.82, 2.24) is 0 Å². The van der Waals surface area contributed by atoms with Gasteiger partial charge in [0, 0.05) is 19.3 Å². The van der Waals surface area contributed by atoms with Gasteiger partial charge in [0.2, 0.25) is 0 Å². The summed E-state index contributed by atoms with van der Waals surface area (Å²) in [5.74, 6) is -1.05. The van der Waals surface area contributed by atoms with Gasteiger partial charge < -0.3 is 14.2 Å². The topological polar surface area (TPSA) is 78.9 Å². The van der Waals surface area contributed by atoms with Crippen molar-refractivity contribution in [2.24, 2.45) is 0 Å². The van der Waals surface area contributed by atoms with Crippen molar-refractivity contribution in [1.29, 1.82) is 0 Å². The molecule has 0 spiro atoms. The number of hydrogen-bond donors (Lipinski definition) is 0. The summed E-state index contributed by atoms with van der Waals surface area (Å²) in [4.78, 5) is 38.2. The predicted molar refractivity (Wildman–Crippen MR) is 315 cm³/mol. The van der Waals surface area contributed by atoms with Gasteiger partial charge in [-0.1, -0.05) is 237 Å². The van der Waals surface area contributed by atoms with Crippen LogP contribution in [-0.4, -0.2) is 37.2 Å². The fraction of sp³-hybridized carbons (Fsp3) is 0.597. The first-order valence-corrected chi connectivity index (χ1v) is 29.3. The molecule has 0 rings (SSSR count). The SMILES string of the molecule is CC/C=C\C/C=C\C/C=C\C/C=C\C/C=C\C/C=C\CCC(=O)OC[C@H](COC(=O)CCCCC/C=C\C/C=C\C/C=C\C/C=C\C/C=C\CC)OC(=O)CCCCCCCCC/C=C\CCCCCCCC. The molecule has 0 saturated carbocycles. The maximum absolute atomic E-state index is 12.9. The molecule has 0 saturated heterocycles. The van der Waals surface area contributed by atoms with Crippen LogP contribution in [0.25, 0.3) is 0 Å². The Morgan fingerprint density at radius 1 is 0.288 bits per heavy atom. The van der Waals surface area contributed by atoms with Crippen LogP contribution in [0.15, 0.2) is 146 Å². The van der Waals surface area contributed by atoms with Crippen LogP contribution in [0.3, 0.4) is 0 Å². The van der Waals surface area contributed by atoms with E-state index >= 15 is 0 Å². The zero-order chi connectivity index (χ0) is 52.9. The first-order chi connectivity index (χ1) is 36.0. The number of carbonyl (C=O) groups is 3. The van der Waals surface area contributed by atoms with E-state index in [1.807, 2.05) is 12.2 Å². The highest BCUT2D eigenvalue weighted by atomic mass is 16.6. The molecule has 410 valence electrons. The molecule has 0 aliphatic heterocycles. The van der Waals surface area contributed by atoms with Crippen LogP contribution in [0.5, 0.6) is 0 Å². The van der Waals surface area contributed by atoms with E-state index in [2.05, 4.69) is 154 Å². The fourth-order valence-corrected chi connectivity index (χ4v) is 7.49. The van der Waals surface area contributed by atoms with E-state index < -0.39 is 6.10 Å². The van der Waals surface area contributed by atoms with Crippen LogP contribution in [-0.2, 0) is 28.6 Å². The molecule has 0 aliphatic rings. The molecule has 0 unspecified atom stereocenters. The van der Waals surface area contributed by atoms with Crippen LogP contribution in [0.1, 0.15) is 239 Å². The zero-order valence-electron chi connectivity index (χ0n) is 46.8. The smallest absolute Gasteiger partial charge is 0.306 e.